The third-order valence-electron chi connectivity index (χ3n) is 3.66. The highest BCUT2D eigenvalue weighted by molar-refractivity contribution is 7.99. The number of para-hydroxylation sites is 1. The fraction of sp³-hybridized carbons (Fsp3) is 0.625. The summed E-state index contributed by atoms with van der Waals surface area (Å²) in [4.78, 5) is 0. The highest BCUT2D eigenvalue weighted by atomic mass is 32.2. The summed E-state index contributed by atoms with van der Waals surface area (Å²) in [6, 6.07) is 8.76. The smallest absolute Gasteiger partial charge is 0.122 e. The standard InChI is InChI=1S/C16H26N2OS/c1-12(2)10-20-11-14(18-17)9-13-7-8-19-16-6-4-3-5-15(13)16/h3-6,12-14,18H,7-11,17H2,1-2H3. The molecular weight excluding hydrogens is 268 g/mol. The van der Waals surface area contributed by atoms with Crippen molar-refractivity contribution in [2.24, 2.45) is 11.8 Å². The maximum absolute atomic E-state index is 5.73. The van der Waals surface area contributed by atoms with Crippen molar-refractivity contribution in [1.29, 1.82) is 0 Å². The van der Waals surface area contributed by atoms with Gasteiger partial charge in [-0.3, -0.25) is 11.3 Å². The molecule has 0 amide bonds. The lowest BCUT2D eigenvalue weighted by Gasteiger charge is -2.29. The van der Waals surface area contributed by atoms with Crippen LogP contribution >= 0.6 is 11.8 Å². The first-order valence-electron chi connectivity index (χ1n) is 7.46. The molecule has 1 aliphatic rings. The van der Waals surface area contributed by atoms with E-state index in [1.807, 2.05) is 17.8 Å². The maximum Gasteiger partial charge on any atom is 0.122 e. The number of hydrogen-bond donors (Lipinski definition) is 2. The van der Waals surface area contributed by atoms with Crippen LogP contribution in [0.1, 0.15) is 38.2 Å². The molecular formula is C16H26N2OS. The molecule has 0 fully saturated rings. The van der Waals surface area contributed by atoms with E-state index >= 15 is 0 Å². The van der Waals surface area contributed by atoms with E-state index in [9.17, 15) is 0 Å². The van der Waals surface area contributed by atoms with E-state index in [2.05, 4.69) is 37.5 Å². The van der Waals surface area contributed by atoms with Crippen LogP contribution in [0.4, 0.5) is 0 Å². The largest absolute Gasteiger partial charge is 0.493 e. The molecule has 1 heterocycles. The van der Waals surface area contributed by atoms with Gasteiger partial charge in [0, 0.05) is 11.8 Å². The average molecular weight is 294 g/mol. The lowest BCUT2D eigenvalue weighted by molar-refractivity contribution is 0.257. The number of nitrogens with two attached hydrogens (primary N) is 1. The van der Waals surface area contributed by atoms with Gasteiger partial charge in [-0.05, 0) is 42.1 Å². The molecule has 0 saturated heterocycles. The van der Waals surface area contributed by atoms with Crippen molar-refractivity contribution in [2.45, 2.75) is 38.6 Å². The van der Waals surface area contributed by atoms with Crippen molar-refractivity contribution < 1.29 is 4.74 Å². The summed E-state index contributed by atoms with van der Waals surface area (Å²) in [5.41, 5.74) is 4.33. The van der Waals surface area contributed by atoms with Crippen molar-refractivity contribution in [3.8, 4) is 5.75 Å². The number of ether oxygens (including phenoxy) is 1. The van der Waals surface area contributed by atoms with Crippen LogP contribution in [0.25, 0.3) is 0 Å². The summed E-state index contributed by atoms with van der Waals surface area (Å²) in [5.74, 6) is 10.4. The van der Waals surface area contributed by atoms with Crippen LogP contribution < -0.4 is 16.0 Å². The zero-order valence-electron chi connectivity index (χ0n) is 12.5. The molecule has 0 radical (unpaired) electrons. The predicted molar refractivity (Wildman–Crippen MR) is 87.2 cm³/mol. The Hall–Kier alpha value is -0.710. The molecule has 1 aromatic rings. The van der Waals surface area contributed by atoms with E-state index in [0.717, 1.165) is 36.9 Å². The van der Waals surface area contributed by atoms with Gasteiger partial charge in [-0.25, -0.2) is 0 Å². The first-order valence-corrected chi connectivity index (χ1v) is 8.61. The van der Waals surface area contributed by atoms with Crippen molar-refractivity contribution in [3.63, 3.8) is 0 Å². The number of fused-ring (bicyclic) bond motifs is 1. The van der Waals surface area contributed by atoms with Gasteiger partial charge >= 0.3 is 0 Å². The van der Waals surface area contributed by atoms with Crippen LogP contribution in [0.15, 0.2) is 24.3 Å². The van der Waals surface area contributed by atoms with Crippen LogP contribution in [-0.4, -0.2) is 24.2 Å². The molecule has 0 saturated carbocycles. The van der Waals surface area contributed by atoms with Gasteiger partial charge in [0.2, 0.25) is 0 Å². The van der Waals surface area contributed by atoms with E-state index in [-0.39, 0.29) is 0 Å². The highest BCUT2D eigenvalue weighted by Crippen LogP contribution is 2.36. The SMILES string of the molecule is CC(C)CSCC(CC1CCOc2ccccc21)NN. The van der Waals surface area contributed by atoms with Crippen LogP contribution in [0.2, 0.25) is 0 Å². The van der Waals surface area contributed by atoms with E-state index in [1.165, 1.54) is 11.3 Å². The Morgan fingerprint density at radius 2 is 2.15 bits per heavy atom. The Labute approximate surface area is 126 Å². The molecule has 0 bridgehead atoms. The Kier molecular flexibility index (Phi) is 6.20. The Morgan fingerprint density at radius 1 is 1.35 bits per heavy atom. The predicted octanol–water partition coefficient (Wildman–Crippen LogP) is 3.16. The second-order valence-electron chi connectivity index (χ2n) is 5.90. The summed E-state index contributed by atoms with van der Waals surface area (Å²) in [5, 5.41) is 0. The first kappa shape index (κ1) is 15.7. The monoisotopic (exact) mass is 294 g/mol. The highest BCUT2D eigenvalue weighted by Gasteiger charge is 2.23. The van der Waals surface area contributed by atoms with Crippen LogP contribution in [-0.2, 0) is 0 Å². The number of hydrogen-bond acceptors (Lipinski definition) is 4. The quantitative estimate of drug-likeness (QED) is 0.599. The molecule has 112 valence electrons. The van der Waals surface area contributed by atoms with Gasteiger partial charge in [-0.15, -0.1) is 0 Å². The molecule has 1 aromatic carbocycles. The molecule has 0 aromatic heterocycles. The number of hydrazine groups is 1. The minimum absolute atomic E-state index is 0.370. The maximum atomic E-state index is 5.73. The zero-order valence-corrected chi connectivity index (χ0v) is 13.3. The van der Waals surface area contributed by atoms with Crippen LogP contribution in [0.5, 0.6) is 5.75 Å². The molecule has 0 aliphatic carbocycles. The van der Waals surface area contributed by atoms with Crippen LogP contribution in [0.3, 0.4) is 0 Å². The third-order valence-corrected chi connectivity index (χ3v) is 5.20. The second kappa shape index (κ2) is 7.91. The number of thioether (sulfide) groups is 1. The van der Waals surface area contributed by atoms with Gasteiger partial charge < -0.3 is 4.74 Å². The lowest BCUT2D eigenvalue weighted by Crippen LogP contribution is -2.39. The van der Waals surface area contributed by atoms with Crippen molar-refractivity contribution in [2.75, 3.05) is 18.1 Å². The summed E-state index contributed by atoms with van der Waals surface area (Å²) < 4.78 is 5.72. The average Bonchev–Trinajstić information content (AvgIpc) is 2.46. The van der Waals surface area contributed by atoms with E-state index in [4.69, 9.17) is 10.6 Å². The van der Waals surface area contributed by atoms with Gasteiger partial charge in [-0.2, -0.15) is 11.8 Å². The summed E-state index contributed by atoms with van der Waals surface area (Å²) >= 11 is 1.99. The molecule has 0 spiro atoms. The Balaban J connectivity index is 1.91. The summed E-state index contributed by atoms with van der Waals surface area (Å²) in [6.07, 6.45) is 2.17. The number of nitrogens with one attached hydrogen (secondary N) is 1. The van der Waals surface area contributed by atoms with Gasteiger partial charge in [0.25, 0.3) is 0 Å². The van der Waals surface area contributed by atoms with E-state index in [0.29, 0.717) is 12.0 Å². The molecule has 2 unspecified atom stereocenters. The lowest BCUT2D eigenvalue weighted by atomic mass is 9.88. The molecule has 2 atom stereocenters. The van der Waals surface area contributed by atoms with E-state index in [1.54, 1.807) is 0 Å². The number of rotatable bonds is 7. The van der Waals surface area contributed by atoms with Crippen molar-refractivity contribution in [3.05, 3.63) is 29.8 Å². The Morgan fingerprint density at radius 3 is 2.90 bits per heavy atom. The molecule has 20 heavy (non-hydrogen) atoms. The van der Waals surface area contributed by atoms with Gasteiger partial charge in [-0.1, -0.05) is 32.0 Å². The molecule has 2 rings (SSSR count). The molecule has 3 N–H and O–H groups in total. The fourth-order valence-corrected chi connectivity index (χ4v) is 3.76. The van der Waals surface area contributed by atoms with Crippen LogP contribution in [0, 0.1) is 5.92 Å². The Bertz CT molecular complexity index is 411. The summed E-state index contributed by atoms with van der Waals surface area (Å²) in [6.45, 7) is 5.33. The number of benzene rings is 1. The molecule has 3 nitrogen and oxygen atoms in total. The third kappa shape index (κ3) is 4.40. The first-order chi connectivity index (χ1) is 9.70. The van der Waals surface area contributed by atoms with Crippen molar-refractivity contribution in [1.82, 2.24) is 5.43 Å². The van der Waals surface area contributed by atoms with Gasteiger partial charge in [0.15, 0.2) is 0 Å². The second-order valence-corrected chi connectivity index (χ2v) is 6.98. The fourth-order valence-electron chi connectivity index (χ4n) is 2.63. The minimum Gasteiger partial charge on any atom is -0.493 e. The van der Waals surface area contributed by atoms with Gasteiger partial charge in [0.05, 0.1) is 6.61 Å². The molecule has 4 heteroatoms. The van der Waals surface area contributed by atoms with Gasteiger partial charge in [0.1, 0.15) is 5.75 Å². The normalized spacial score (nSPS) is 19.5. The summed E-state index contributed by atoms with van der Waals surface area (Å²) in [7, 11) is 0. The zero-order chi connectivity index (χ0) is 14.4. The molecule has 1 aliphatic heterocycles. The van der Waals surface area contributed by atoms with Crippen molar-refractivity contribution >= 4 is 11.8 Å². The van der Waals surface area contributed by atoms with E-state index < -0.39 is 0 Å². The minimum atomic E-state index is 0.370. The topological polar surface area (TPSA) is 47.3 Å².